The first-order valence-electron chi connectivity index (χ1n) is 6.46. The van der Waals surface area contributed by atoms with E-state index in [2.05, 4.69) is 0 Å². The van der Waals surface area contributed by atoms with Crippen LogP contribution in [0, 0.1) is 0 Å². The van der Waals surface area contributed by atoms with Gasteiger partial charge < -0.3 is 14.9 Å². The zero-order valence-electron chi connectivity index (χ0n) is 11.5. The summed E-state index contributed by atoms with van der Waals surface area (Å²) in [4.78, 5) is 12.0. The Morgan fingerprint density at radius 2 is 2.30 bits per heavy atom. The van der Waals surface area contributed by atoms with Crippen molar-refractivity contribution in [3.8, 4) is 5.75 Å². The van der Waals surface area contributed by atoms with Crippen molar-refractivity contribution in [3.63, 3.8) is 0 Å². The van der Waals surface area contributed by atoms with Crippen LogP contribution in [0.1, 0.15) is 30.4 Å². The second-order valence-corrected chi connectivity index (χ2v) is 5.93. The van der Waals surface area contributed by atoms with E-state index in [0.717, 1.165) is 22.6 Å². The highest BCUT2D eigenvalue weighted by atomic mass is 32.2. The maximum absolute atomic E-state index is 11.1. The van der Waals surface area contributed by atoms with Crippen LogP contribution in [-0.2, 0) is 4.79 Å². The largest absolute Gasteiger partial charge is 0.496 e. The molecule has 5 heteroatoms. The van der Waals surface area contributed by atoms with E-state index >= 15 is 0 Å². The van der Waals surface area contributed by atoms with E-state index in [0.29, 0.717) is 11.3 Å². The normalized spacial score (nSPS) is 21.9. The maximum Gasteiger partial charge on any atom is 0.310 e. The van der Waals surface area contributed by atoms with Crippen molar-refractivity contribution < 1.29 is 19.7 Å². The molecule has 1 saturated heterocycles. The number of aliphatic hydroxyl groups is 1. The molecule has 1 aliphatic heterocycles. The molecule has 4 nitrogen and oxygen atoms in total. The van der Waals surface area contributed by atoms with Crippen molar-refractivity contribution in [2.45, 2.75) is 25.4 Å². The molecule has 1 heterocycles. The molecule has 108 valence electrons. The lowest BCUT2D eigenvalue weighted by Gasteiger charge is -2.13. The number of aliphatic hydroxyl groups excluding tert-OH is 1. The molecule has 2 atom stereocenters. The second-order valence-electron chi connectivity index (χ2n) is 4.76. The van der Waals surface area contributed by atoms with Gasteiger partial charge in [-0.3, -0.25) is 4.79 Å². The molecule has 20 heavy (non-hydrogen) atoms. The number of hydrogen-bond donors (Lipinski definition) is 2. The molecular formula is C15H18O4S. The predicted molar refractivity (Wildman–Crippen MR) is 80.1 cm³/mol. The summed E-state index contributed by atoms with van der Waals surface area (Å²) in [6.07, 6.45) is 2.32. The first-order chi connectivity index (χ1) is 9.52. The number of methoxy groups -OCH3 is 1. The van der Waals surface area contributed by atoms with E-state index in [1.807, 2.05) is 18.2 Å². The SMILES string of the molecule is COc1cc(C=C2SCCC2O)ccc1C(C)C(=O)O. The number of carboxylic acid groups (broad SMARTS) is 1. The lowest BCUT2D eigenvalue weighted by molar-refractivity contribution is -0.138. The third-order valence-corrected chi connectivity index (χ3v) is 4.55. The number of aliphatic carboxylic acids is 1. The number of carboxylic acids is 1. The molecule has 0 radical (unpaired) electrons. The third-order valence-electron chi connectivity index (χ3n) is 3.39. The fourth-order valence-electron chi connectivity index (χ4n) is 2.14. The van der Waals surface area contributed by atoms with Crippen LogP contribution in [0.25, 0.3) is 6.08 Å². The van der Waals surface area contributed by atoms with Gasteiger partial charge in [0.05, 0.1) is 19.1 Å². The van der Waals surface area contributed by atoms with Crippen molar-refractivity contribution in [1.82, 2.24) is 0 Å². The molecule has 2 N–H and O–H groups in total. The Morgan fingerprint density at radius 1 is 1.55 bits per heavy atom. The Labute approximate surface area is 122 Å². The van der Waals surface area contributed by atoms with Gasteiger partial charge in [0, 0.05) is 16.2 Å². The zero-order chi connectivity index (χ0) is 14.7. The van der Waals surface area contributed by atoms with Crippen LogP contribution in [0.4, 0.5) is 0 Å². The van der Waals surface area contributed by atoms with E-state index in [9.17, 15) is 9.90 Å². The minimum Gasteiger partial charge on any atom is -0.496 e. The average Bonchev–Trinajstić information content (AvgIpc) is 2.83. The predicted octanol–water partition coefficient (Wildman–Crippen LogP) is 2.72. The van der Waals surface area contributed by atoms with Crippen LogP contribution in [-0.4, -0.2) is 35.1 Å². The summed E-state index contributed by atoms with van der Waals surface area (Å²) in [5, 5.41) is 18.9. The molecule has 0 aromatic heterocycles. The van der Waals surface area contributed by atoms with Gasteiger partial charge in [-0.25, -0.2) is 0 Å². The average molecular weight is 294 g/mol. The molecule has 2 rings (SSSR count). The Hall–Kier alpha value is -1.46. The molecule has 0 aliphatic carbocycles. The van der Waals surface area contributed by atoms with Crippen LogP contribution in [0.15, 0.2) is 23.1 Å². The summed E-state index contributed by atoms with van der Waals surface area (Å²) in [6.45, 7) is 1.63. The van der Waals surface area contributed by atoms with Crippen molar-refractivity contribution >= 4 is 23.8 Å². The van der Waals surface area contributed by atoms with Gasteiger partial charge in [0.15, 0.2) is 0 Å². The Bertz CT molecular complexity index is 539. The Kier molecular flexibility index (Phi) is 4.73. The molecular weight excluding hydrogens is 276 g/mol. The van der Waals surface area contributed by atoms with Crippen molar-refractivity contribution in [2.75, 3.05) is 12.9 Å². The second kappa shape index (κ2) is 6.33. The van der Waals surface area contributed by atoms with E-state index in [4.69, 9.17) is 9.84 Å². The highest BCUT2D eigenvalue weighted by Crippen LogP contribution is 2.34. The van der Waals surface area contributed by atoms with Crippen molar-refractivity contribution in [3.05, 3.63) is 34.2 Å². The topological polar surface area (TPSA) is 66.8 Å². The van der Waals surface area contributed by atoms with Crippen molar-refractivity contribution in [2.24, 2.45) is 0 Å². The van der Waals surface area contributed by atoms with E-state index in [1.54, 1.807) is 24.8 Å². The van der Waals surface area contributed by atoms with Gasteiger partial charge in [-0.1, -0.05) is 12.1 Å². The molecule has 0 amide bonds. The fourth-order valence-corrected chi connectivity index (χ4v) is 3.24. The molecule has 1 aliphatic rings. The quantitative estimate of drug-likeness (QED) is 0.893. The first kappa shape index (κ1) is 14.9. The van der Waals surface area contributed by atoms with Crippen LogP contribution in [0.3, 0.4) is 0 Å². The smallest absolute Gasteiger partial charge is 0.310 e. The number of ether oxygens (including phenoxy) is 1. The summed E-state index contributed by atoms with van der Waals surface area (Å²) in [6, 6.07) is 5.44. The van der Waals surface area contributed by atoms with Gasteiger partial charge in [-0.2, -0.15) is 0 Å². The van der Waals surface area contributed by atoms with Gasteiger partial charge in [0.1, 0.15) is 5.75 Å². The Balaban J connectivity index is 2.32. The van der Waals surface area contributed by atoms with E-state index in [1.165, 1.54) is 7.11 Å². The van der Waals surface area contributed by atoms with E-state index in [-0.39, 0.29) is 6.10 Å². The molecule has 0 bridgehead atoms. The first-order valence-corrected chi connectivity index (χ1v) is 7.44. The minimum atomic E-state index is -0.879. The van der Waals surface area contributed by atoms with Crippen LogP contribution >= 0.6 is 11.8 Å². The van der Waals surface area contributed by atoms with Gasteiger partial charge in [-0.05, 0) is 31.1 Å². The lowest BCUT2D eigenvalue weighted by Crippen LogP contribution is -2.09. The third kappa shape index (κ3) is 3.16. The van der Waals surface area contributed by atoms with Gasteiger partial charge in [-0.15, -0.1) is 11.8 Å². The van der Waals surface area contributed by atoms with Gasteiger partial charge in [0.2, 0.25) is 0 Å². The minimum absolute atomic E-state index is 0.386. The summed E-state index contributed by atoms with van der Waals surface area (Å²) in [7, 11) is 1.53. The lowest BCUT2D eigenvalue weighted by atomic mass is 9.98. The van der Waals surface area contributed by atoms with Crippen molar-refractivity contribution in [1.29, 1.82) is 0 Å². The zero-order valence-corrected chi connectivity index (χ0v) is 12.3. The monoisotopic (exact) mass is 294 g/mol. The summed E-state index contributed by atoms with van der Waals surface area (Å²) >= 11 is 1.65. The molecule has 1 fully saturated rings. The standard InChI is InChI=1S/C15H18O4S/c1-9(15(17)18)11-4-3-10(7-13(11)19-2)8-14-12(16)5-6-20-14/h3-4,7-9,12,16H,5-6H2,1-2H3,(H,17,18). The number of rotatable bonds is 4. The number of hydrogen-bond acceptors (Lipinski definition) is 4. The van der Waals surface area contributed by atoms with E-state index < -0.39 is 11.9 Å². The van der Waals surface area contributed by atoms with Gasteiger partial charge in [0.25, 0.3) is 0 Å². The summed E-state index contributed by atoms with van der Waals surface area (Å²) in [5.41, 5.74) is 1.56. The van der Waals surface area contributed by atoms with Crippen LogP contribution in [0.2, 0.25) is 0 Å². The molecule has 0 spiro atoms. The molecule has 2 unspecified atom stereocenters. The number of thioether (sulfide) groups is 1. The highest BCUT2D eigenvalue weighted by molar-refractivity contribution is 8.03. The van der Waals surface area contributed by atoms with Crippen LogP contribution in [0.5, 0.6) is 5.75 Å². The molecule has 1 aromatic rings. The summed E-state index contributed by atoms with van der Waals surface area (Å²) < 4.78 is 5.29. The fraction of sp³-hybridized carbons (Fsp3) is 0.400. The van der Waals surface area contributed by atoms with Gasteiger partial charge >= 0.3 is 5.97 Å². The summed E-state index contributed by atoms with van der Waals surface area (Å²) in [5.74, 6) is -0.000783. The number of benzene rings is 1. The molecule has 1 aromatic carbocycles. The highest BCUT2D eigenvalue weighted by Gasteiger charge is 2.20. The Morgan fingerprint density at radius 3 is 2.85 bits per heavy atom. The maximum atomic E-state index is 11.1. The number of carbonyl (C=O) groups is 1. The molecule has 0 saturated carbocycles. The van der Waals surface area contributed by atoms with Crippen LogP contribution < -0.4 is 4.74 Å².